The molecule has 8 heteroatoms. The predicted octanol–water partition coefficient (Wildman–Crippen LogP) is 0.694. The number of carbonyl (C=O) groups excluding carboxylic acids is 1. The van der Waals surface area contributed by atoms with E-state index >= 15 is 0 Å². The largest absolute Gasteiger partial charge is 0.481 e. The van der Waals surface area contributed by atoms with Gasteiger partial charge in [-0.3, -0.25) is 19.7 Å². The Bertz CT molecular complexity index is 374. The van der Waals surface area contributed by atoms with E-state index in [9.17, 15) is 14.4 Å². The van der Waals surface area contributed by atoms with Gasteiger partial charge in [0.1, 0.15) is 0 Å². The van der Waals surface area contributed by atoms with E-state index in [1.54, 1.807) is 12.4 Å². The third-order valence-corrected chi connectivity index (χ3v) is 1.57. The first-order valence-corrected chi connectivity index (χ1v) is 5.12. The molecular formula is C10H15N3O5. The van der Waals surface area contributed by atoms with Crippen LogP contribution in [0.1, 0.15) is 26.2 Å². The summed E-state index contributed by atoms with van der Waals surface area (Å²) >= 11 is 0. The zero-order chi connectivity index (χ0) is 14.0. The summed E-state index contributed by atoms with van der Waals surface area (Å²) in [5.41, 5.74) is 0. The molecule has 0 saturated carbocycles. The van der Waals surface area contributed by atoms with Crippen LogP contribution in [-0.4, -0.2) is 38.0 Å². The quantitative estimate of drug-likeness (QED) is 0.613. The summed E-state index contributed by atoms with van der Waals surface area (Å²) in [5, 5.41) is 18.5. The van der Waals surface area contributed by atoms with Crippen LogP contribution >= 0.6 is 0 Å². The Morgan fingerprint density at radius 2 is 1.83 bits per heavy atom. The summed E-state index contributed by atoms with van der Waals surface area (Å²) in [5.74, 6) is -1.53. The second kappa shape index (κ2) is 8.74. The van der Waals surface area contributed by atoms with Crippen LogP contribution in [0.25, 0.3) is 0 Å². The van der Waals surface area contributed by atoms with Gasteiger partial charge in [-0.25, -0.2) is 4.98 Å². The number of aromatic nitrogens is 2. The summed E-state index contributed by atoms with van der Waals surface area (Å²) in [6, 6.07) is 0. The Balaban J connectivity index is 0.000000321. The number of nitrogens with zero attached hydrogens (tertiary/aromatic N) is 1. The molecule has 1 aromatic rings. The summed E-state index contributed by atoms with van der Waals surface area (Å²) in [6.45, 7) is 1.43. The number of hydrogen-bond donors (Lipinski definition) is 4. The van der Waals surface area contributed by atoms with E-state index in [1.807, 2.05) is 0 Å². The number of carboxylic acid groups (broad SMARTS) is 2. The Hall–Kier alpha value is -2.38. The van der Waals surface area contributed by atoms with Gasteiger partial charge in [-0.15, -0.1) is 0 Å². The third kappa shape index (κ3) is 10.1. The molecule has 1 rings (SSSR count). The summed E-state index contributed by atoms with van der Waals surface area (Å²) in [4.78, 5) is 36.4. The maximum atomic E-state index is 10.3. The van der Waals surface area contributed by atoms with Crippen LogP contribution in [0.5, 0.6) is 0 Å². The number of nitrogens with one attached hydrogen (secondary N) is 2. The van der Waals surface area contributed by atoms with Crippen LogP contribution in [0.2, 0.25) is 0 Å². The molecule has 0 bridgehead atoms. The van der Waals surface area contributed by atoms with Gasteiger partial charge < -0.3 is 15.2 Å². The average Bonchev–Trinajstić information content (AvgIpc) is 2.69. The van der Waals surface area contributed by atoms with Crippen LogP contribution in [0, 0.1) is 0 Å². The van der Waals surface area contributed by atoms with Gasteiger partial charge in [0.05, 0.1) is 0 Å². The molecule has 8 nitrogen and oxygen atoms in total. The van der Waals surface area contributed by atoms with Crippen molar-refractivity contribution in [3.63, 3.8) is 0 Å². The number of imidazole rings is 1. The van der Waals surface area contributed by atoms with Crippen molar-refractivity contribution in [2.75, 3.05) is 5.32 Å². The van der Waals surface area contributed by atoms with Crippen LogP contribution in [0.3, 0.4) is 0 Å². The van der Waals surface area contributed by atoms with Crippen molar-refractivity contribution in [2.45, 2.75) is 26.2 Å². The molecule has 100 valence electrons. The smallest absolute Gasteiger partial charge is 0.303 e. The number of aliphatic carboxylic acids is 2. The summed E-state index contributed by atoms with van der Waals surface area (Å²) in [7, 11) is 0. The van der Waals surface area contributed by atoms with Crippen molar-refractivity contribution < 1.29 is 24.6 Å². The van der Waals surface area contributed by atoms with E-state index in [2.05, 4.69) is 15.3 Å². The van der Waals surface area contributed by atoms with Crippen molar-refractivity contribution in [3.8, 4) is 0 Å². The average molecular weight is 257 g/mol. The fourth-order valence-electron chi connectivity index (χ4n) is 0.891. The molecule has 0 unspecified atom stereocenters. The van der Waals surface area contributed by atoms with Gasteiger partial charge in [-0.1, -0.05) is 0 Å². The number of carbonyl (C=O) groups is 3. The van der Waals surface area contributed by atoms with E-state index < -0.39 is 11.9 Å². The molecule has 0 aromatic carbocycles. The van der Waals surface area contributed by atoms with Gasteiger partial charge in [-0.05, 0) is 6.42 Å². The zero-order valence-electron chi connectivity index (χ0n) is 9.84. The predicted molar refractivity (Wildman–Crippen MR) is 62.0 cm³/mol. The molecule has 0 spiro atoms. The van der Waals surface area contributed by atoms with Crippen molar-refractivity contribution in [2.24, 2.45) is 0 Å². The van der Waals surface area contributed by atoms with E-state index in [1.165, 1.54) is 6.92 Å². The van der Waals surface area contributed by atoms with Crippen molar-refractivity contribution in [3.05, 3.63) is 12.4 Å². The molecule has 1 amide bonds. The molecule has 1 aromatic heterocycles. The van der Waals surface area contributed by atoms with Gasteiger partial charge in [-0.2, -0.15) is 0 Å². The maximum Gasteiger partial charge on any atom is 0.303 e. The highest BCUT2D eigenvalue weighted by molar-refractivity contribution is 5.86. The lowest BCUT2D eigenvalue weighted by molar-refractivity contribution is -0.138. The lowest BCUT2D eigenvalue weighted by Crippen LogP contribution is -2.06. The molecule has 0 saturated heterocycles. The van der Waals surface area contributed by atoms with Gasteiger partial charge in [0.15, 0.2) is 0 Å². The van der Waals surface area contributed by atoms with Gasteiger partial charge in [0, 0.05) is 32.2 Å². The zero-order valence-corrected chi connectivity index (χ0v) is 9.84. The van der Waals surface area contributed by atoms with Gasteiger partial charge >= 0.3 is 11.9 Å². The number of aromatic amines is 1. The second-order valence-corrected chi connectivity index (χ2v) is 3.26. The number of anilines is 1. The van der Waals surface area contributed by atoms with Crippen molar-refractivity contribution >= 4 is 23.8 Å². The topological polar surface area (TPSA) is 132 Å². The fraction of sp³-hybridized carbons (Fsp3) is 0.400. The van der Waals surface area contributed by atoms with E-state index in [0.717, 1.165) is 0 Å². The van der Waals surface area contributed by atoms with Crippen LogP contribution in [0.15, 0.2) is 12.4 Å². The highest BCUT2D eigenvalue weighted by Gasteiger charge is 1.99. The minimum atomic E-state index is -0.948. The fourth-order valence-corrected chi connectivity index (χ4v) is 0.891. The number of carboxylic acids is 2. The molecule has 0 fully saturated rings. The minimum absolute atomic E-state index is 0.0632. The first-order chi connectivity index (χ1) is 8.41. The Morgan fingerprint density at radius 3 is 2.17 bits per heavy atom. The van der Waals surface area contributed by atoms with Gasteiger partial charge in [0.2, 0.25) is 11.9 Å². The van der Waals surface area contributed by atoms with Crippen molar-refractivity contribution in [1.82, 2.24) is 9.97 Å². The molecule has 18 heavy (non-hydrogen) atoms. The van der Waals surface area contributed by atoms with E-state index in [0.29, 0.717) is 5.95 Å². The van der Waals surface area contributed by atoms with E-state index in [4.69, 9.17) is 10.2 Å². The molecule has 0 atom stereocenters. The molecule has 1 heterocycles. The summed E-state index contributed by atoms with van der Waals surface area (Å²) < 4.78 is 0. The highest BCUT2D eigenvalue weighted by Crippen LogP contribution is 1.93. The second-order valence-electron chi connectivity index (χ2n) is 3.26. The first kappa shape index (κ1) is 15.6. The normalized spacial score (nSPS) is 8.94. The minimum Gasteiger partial charge on any atom is -0.481 e. The first-order valence-electron chi connectivity index (χ1n) is 5.12. The number of amides is 1. The molecule has 0 aliphatic heterocycles. The van der Waals surface area contributed by atoms with Crippen LogP contribution in [0.4, 0.5) is 5.95 Å². The molecular weight excluding hydrogens is 242 g/mol. The Kier molecular flexibility index (Phi) is 7.58. The monoisotopic (exact) mass is 257 g/mol. The summed E-state index contributed by atoms with van der Waals surface area (Å²) in [6.07, 6.45) is 3.31. The number of rotatable bonds is 5. The highest BCUT2D eigenvalue weighted by atomic mass is 16.4. The lowest BCUT2D eigenvalue weighted by atomic mass is 10.2. The van der Waals surface area contributed by atoms with Crippen LogP contribution in [-0.2, 0) is 14.4 Å². The molecule has 0 aliphatic carbocycles. The van der Waals surface area contributed by atoms with E-state index in [-0.39, 0.29) is 25.2 Å². The number of H-pyrrole nitrogens is 1. The standard InChI is InChI=1S/C5H7N3O.C5H8O4/c1-4(9)8-5-6-2-3-7-5;6-4(7)2-1-3-5(8)9/h2-3H,1H3,(H2,6,7,8,9);1-3H2,(H,6,7)(H,8,9). The van der Waals surface area contributed by atoms with Crippen LogP contribution < -0.4 is 5.32 Å². The lowest BCUT2D eigenvalue weighted by Gasteiger charge is -1.91. The third-order valence-electron chi connectivity index (χ3n) is 1.57. The number of hydrogen-bond acceptors (Lipinski definition) is 4. The molecule has 4 N–H and O–H groups in total. The molecule has 0 aliphatic rings. The van der Waals surface area contributed by atoms with Crippen molar-refractivity contribution in [1.29, 1.82) is 0 Å². The SMILES string of the molecule is CC(=O)Nc1ncc[nH]1.O=C(O)CCCC(=O)O. The van der Waals surface area contributed by atoms with Gasteiger partial charge in [0.25, 0.3) is 0 Å². The Morgan fingerprint density at radius 1 is 1.28 bits per heavy atom. The Labute approximate surface area is 103 Å². The molecule has 0 radical (unpaired) electrons. The maximum absolute atomic E-state index is 10.3.